The van der Waals surface area contributed by atoms with Crippen molar-refractivity contribution in [2.75, 3.05) is 0 Å². The lowest BCUT2D eigenvalue weighted by atomic mass is 9.90. The minimum Gasteiger partial charge on any atom is -0.347 e. The van der Waals surface area contributed by atoms with E-state index in [1.807, 2.05) is 24.4 Å². The fraction of sp³-hybridized carbons (Fsp3) is 0.400. The average Bonchev–Trinajstić information content (AvgIpc) is 3.42. The van der Waals surface area contributed by atoms with E-state index < -0.39 is 0 Å². The van der Waals surface area contributed by atoms with Gasteiger partial charge in [-0.1, -0.05) is 42.9 Å². The quantitative estimate of drug-likeness (QED) is 0.370. The number of fused-ring (bicyclic) bond motifs is 1. The van der Waals surface area contributed by atoms with Gasteiger partial charge in [0.1, 0.15) is 15.7 Å². The molecule has 0 bridgehead atoms. The van der Waals surface area contributed by atoms with E-state index in [1.165, 1.54) is 17.5 Å². The molecule has 4 aromatic heterocycles. The lowest BCUT2D eigenvalue weighted by Gasteiger charge is -2.32. The van der Waals surface area contributed by atoms with Gasteiger partial charge in [-0.25, -0.2) is 9.97 Å². The zero-order valence-electron chi connectivity index (χ0n) is 19.2. The highest BCUT2D eigenvalue weighted by Crippen LogP contribution is 2.34. The van der Waals surface area contributed by atoms with E-state index in [9.17, 15) is 4.79 Å². The number of halogens is 1. The molecule has 0 aliphatic heterocycles. The van der Waals surface area contributed by atoms with Crippen molar-refractivity contribution in [2.45, 2.75) is 58.0 Å². The number of carbonyl (C=O) groups excluding carboxylic acids is 1. The van der Waals surface area contributed by atoms with E-state index in [1.54, 1.807) is 6.20 Å². The van der Waals surface area contributed by atoms with Crippen LogP contribution in [-0.4, -0.2) is 36.5 Å². The van der Waals surface area contributed by atoms with Gasteiger partial charge in [-0.3, -0.25) is 14.8 Å². The molecule has 0 aromatic carbocycles. The molecule has 7 nitrogen and oxygen atoms in total. The van der Waals surface area contributed by atoms with Crippen LogP contribution in [0.15, 0.2) is 42.9 Å². The topological polar surface area (TPSA) is 85.6 Å². The van der Waals surface area contributed by atoms with E-state index in [-0.39, 0.29) is 18.0 Å². The lowest BCUT2D eigenvalue weighted by Crippen LogP contribution is -2.39. The fourth-order valence-corrected chi connectivity index (χ4v) is 5.57. The number of nitrogens with zero attached hydrogens (tertiary/aromatic N) is 5. The molecule has 1 aliphatic carbocycles. The molecule has 5 rings (SSSR count). The molecule has 1 fully saturated rings. The van der Waals surface area contributed by atoms with Crippen molar-refractivity contribution in [1.29, 1.82) is 0 Å². The second-order valence-electron chi connectivity index (χ2n) is 9.23. The second-order valence-corrected chi connectivity index (χ2v) is 10.9. The van der Waals surface area contributed by atoms with Gasteiger partial charge in [0, 0.05) is 24.7 Å². The summed E-state index contributed by atoms with van der Waals surface area (Å²) in [6.07, 6.45) is 9.94. The number of thiazole rings is 1. The van der Waals surface area contributed by atoms with Crippen LogP contribution in [0.2, 0.25) is 4.34 Å². The molecule has 0 saturated heterocycles. The number of nitrogens with one attached hydrogen (secondary N) is 1. The van der Waals surface area contributed by atoms with Gasteiger partial charge in [0.2, 0.25) is 0 Å². The van der Waals surface area contributed by atoms with E-state index in [4.69, 9.17) is 16.6 Å². The normalized spacial score (nSPS) is 18.5. The van der Waals surface area contributed by atoms with Crippen molar-refractivity contribution in [3.8, 4) is 11.4 Å². The van der Waals surface area contributed by atoms with E-state index in [0.29, 0.717) is 15.3 Å². The fourth-order valence-electron chi connectivity index (χ4n) is 4.76. The third-order valence-corrected chi connectivity index (χ3v) is 7.30. The van der Waals surface area contributed by atoms with E-state index in [2.05, 4.69) is 44.7 Å². The minimum atomic E-state index is -0.151. The Morgan fingerprint density at radius 2 is 2.09 bits per heavy atom. The molecule has 9 heteroatoms. The van der Waals surface area contributed by atoms with Crippen LogP contribution in [0, 0.1) is 5.92 Å². The van der Waals surface area contributed by atoms with Crippen LogP contribution in [0.1, 0.15) is 61.2 Å². The average molecular weight is 495 g/mol. The van der Waals surface area contributed by atoms with Crippen LogP contribution in [-0.2, 0) is 6.42 Å². The molecule has 1 amide bonds. The van der Waals surface area contributed by atoms with Gasteiger partial charge < -0.3 is 9.88 Å². The SMILES string of the molecule is CC(C)Cc1nc2cnc(-c3ccccn3)cc2n1[C@@H]1CCCC(NC(=O)c2ncc(Cl)s2)C1. The largest absolute Gasteiger partial charge is 0.347 e. The summed E-state index contributed by atoms with van der Waals surface area (Å²) in [6.45, 7) is 4.43. The molecule has 1 saturated carbocycles. The first-order valence-corrected chi connectivity index (χ1v) is 12.9. The molecular formula is C25H27ClN6OS. The van der Waals surface area contributed by atoms with Gasteiger partial charge in [0.15, 0.2) is 5.01 Å². The van der Waals surface area contributed by atoms with Gasteiger partial charge in [0.25, 0.3) is 5.91 Å². The minimum absolute atomic E-state index is 0.0790. The van der Waals surface area contributed by atoms with Crippen molar-refractivity contribution in [3.63, 3.8) is 0 Å². The van der Waals surface area contributed by atoms with Crippen LogP contribution < -0.4 is 5.32 Å². The smallest absolute Gasteiger partial charge is 0.280 e. The van der Waals surface area contributed by atoms with Crippen molar-refractivity contribution < 1.29 is 4.79 Å². The highest BCUT2D eigenvalue weighted by molar-refractivity contribution is 7.17. The predicted molar refractivity (Wildman–Crippen MR) is 135 cm³/mol. The van der Waals surface area contributed by atoms with E-state index >= 15 is 0 Å². The molecule has 1 N–H and O–H groups in total. The zero-order valence-corrected chi connectivity index (χ0v) is 20.8. The third-order valence-electron chi connectivity index (χ3n) is 6.19. The summed E-state index contributed by atoms with van der Waals surface area (Å²) in [6, 6.07) is 8.28. The summed E-state index contributed by atoms with van der Waals surface area (Å²) in [5, 5.41) is 3.59. The Morgan fingerprint density at radius 3 is 2.82 bits per heavy atom. The number of hydrogen-bond acceptors (Lipinski definition) is 6. The molecule has 1 aliphatic rings. The summed E-state index contributed by atoms with van der Waals surface area (Å²) in [5.41, 5.74) is 3.67. The lowest BCUT2D eigenvalue weighted by molar-refractivity contribution is 0.0920. The summed E-state index contributed by atoms with van der Waals surface area (Å²) in [4.78, 5) is 30.9. The summed E-state index contributed by atoms with van der Waals surface area (Å²) >= 11 is 7.17. The maximum atomic E-state index is 12.7. The number of pyridine rings is 2. The van der Waals surface area contributed by atoms with E-state index in [0.717, 1.165) is 60.3 Å². The molecule has 0 spiro atoms. The first-order valence-electron chi connectivity index (χ1n) is 11.7. The first-order chi connectivity index (χ1) is 16.5. The Balaban J connectivity index is 1.47. The Bertz CT molecular complexity index is 1300. The van der Waals surface area contributed by atoms with Crippen LogP contribution in [0.3, 0.4) is 0 Å². The third kappa shape index (κ3) is 4.83. The molecular weight excluding hydrogens is 468 g/mol. The maximum absolute atomic E-state index is 12.7. The van der Waals surface area contributed by atoms with Gasteiger partial charge in [-0.15, -0.1) is 0 Å². The Morgan fingerprint density at radius 1 is 1.21 bits per heavy atom. The van der Waals surface area contributed by atoms with Gasteiger partial charge >= 0.3 is 0 Å². The zero-order chi connectivity index (χ0) is 23.7. The predicted octanol–water partition coefficient (Wildman–Crippen LogP) is 5.72. The molecule has 34 heavy (non-hydrogen) atoms. The van der Waals surface area contributed by atoms with Crippen LogP contribution in [0.25, 0.3) is 22.4 Å². The highest BCUT2D eigenvalue weighted by Gasteiger charge is 2.28. The number of amides is 1. The van der Waals surface area contributed by atoms with Crippen LogP contribution in [0.4, 0.5) is 0 Å². The van der Waals surface area contributed by atoms with Crippen molar-refractivity contribution in [2.24, 2.45) is 5.92 Å². The summed E-state index contributed by atoms with van der Waals surface area (Å²) < 4.78 is 2.91. The summed E-state index contributed by atoms with van der Waals surface area (Å²) in [5.74, 6) is 1.41. The molecule has 2 atom stereocenters. The monoisotopic (exact) mass is 494 g/mol. The Hall–Kier alpha value is -2.84. The van der Waals surface area contributed by atoms with Crippen LogP contribution in [0.5, 0.6) is 0 Å². The van der Waals surface area contributed by atoms with Gasteiger partial charge in [-0.05, 0) is 49.8 Å². The Labute approximate surface area is 207 Å². The van der Waals surface area contributed by atoms with Gasteiger partial charge in [-0.2, -0.15) is 0 Å². The highest BCUT2D eigenvalue weighted by atomic mass is 35.5. The maximum Gasteiger partial charge on any atom is 0.280 e. The number of rotatable bonds is 6. The number of hydrogen-bond donors (Lipinski definition) is 1. The molecule has 1 unspecified atom stereocenters. The number of aromatic nitrogens is 5. The Kier molecular flexibility index (Phi) is 6.61. The number of imidazole rings is 1. The van der Waals surface area contributed by atoms with Gasteiger partial charge in [0.05, 0.1) is 29.3 Å². The number of carbonyl (C=O) groups is 1. The molecule has 176 valence electrons. The molecule has 4 aromatic rings. The summed E-state index contributed by atoms with van der Waals surface area (Å²) in [7, 11) is 0. The van der Waals surface area contributed by atoms with Crippen LogP contribution >= 0.6 is 22.9 Å². The molecule has 0 radical (unpaired) electrons. The molecule has 4 heterocycles. The van der Waals surface area contributed by atoms with Crippen molar-refractivity contribution >= 4 is 39.9 Å². The first kappa shape index (κ1) is 22.9. The standard InChI is InChI=1S/C25H27ClN6OS/c1-15(2)10-23-31-20-13-28-19(18-8-3-4-9-27-18)12-21(20)32(23)17-7-5-6-16(11-17)30-24(33)25-29-14-22(26)34-25/h3-4,8-9,12-17H,5-7,10-11H2,1-2H3,(H,30,33)/t16?,17-/m1/s1. The second kappa shape index (κ2) is 9.80. The van der Waals surface area contributed by atoms with Crippen molar-refractivity contribution in [3.05, 3.63) is 58.0 Å². The van der Waals surface area contributed by atoms with Crippen molar-refractivity contribution in [1.82, 2.24) is 29.8 Å².